The number of hydrogen-bond donors (Lipinski definition) is 2. The van der Waals surface area contributed by atoms with Crippen molar-refractivity contribution >= 4 is 44.9 Å². The van der Waals surface area contributed by atoms with Gasteiger partial charge in [0.05, 0.1) is 17.1 Å². The molecule has 0 heterocycles. The Hall–Kier alpha value is -6.58. The Morgan fingerprint density at radius 2 is 0.880 bits per heavy atom. The Labute approximate surface area is 294 Å². The molecule has 0 amide bonds. The maximum absolute atomic E-state index is 3.61. The molecule has 8 aromatic rings. The number of hydrogen-bond acceptors (Lipinski definition) is 3. The molecule has 0 saturated carbocycles. The summed E-state index contributed by atoms with van der Waals surface area (Å²) in [5.41, 5.74) is 12.6. The molecule has 0 fully saturated rings. The van der Waals surface area contributed by atoms with Gasteiger partial charge in [-0.05, 0) is 87.8 Å². The van der Waals surface area contributed by atoms with Crippen LogP contribution in [0.2, 0.25) is 0 Å². The highest BCUT2D eigenvalue weighted by atomic mass is 15.1. The first-order valence-corrected chi connectivity index (χ1v) is 17.1. The van der Waals surface area contributed by atoms with Gasteiger partial charge in [-0.25, -0.2) is 0 Å². The van der Waals surface area contributed by atoms with Crippen molar-refractivity contribution in [2.24, 2.45) is 0 Å². The first kappa shape index (κ1) is 30.7. The zero-order valence-corrected chi connectivity index (χ0v) is 27.7. The van der Waals surface area contributed by atoms with E-state index >= 15 is 0 Å². The number of rotatable bonds is 10. The average molecular weight is 644 g/mol. The molecular formula is C47H37N3. The number of benzene rings is 8. The van der Waals surface area contributed by atoms with Crippen LogP contribution in [0.1, 0.15) is 5.56 Å². The van der Waals surface area contributed by atoms with Gasteiger partial charge in [-0.2, -0.15) is 0 Å². The van der Waals surface area contributed by atoms with Gasteiger partial charge in [-0.15, -0.1) is 0 Å². The van der Waals surface area contributed by atoms with Crippen LogP contribution in [-0.4, -0.2) is 0 Å². The third kappa shape index (κ3) is 6.71. The molecule has 50 heavy (non-hydrogen) atoms. The summed E-state index contributed by atoms with van der Waals surface area (Å²) in [6.07, 6.45) is 0. The molecule has 0 radical (unpaired) electrons. The summed E-state index contributed by atoms with van der Waals surface area (Å²) in [7, 11) is 0. The first-order valence-electron chi connectivity index (χ1n) is 17.1. The summed E-state index contributed by atoms with van der Waals surface area (Å²) in [6, 6.07) is 70.9. The molecule has 0 aliphatic rings. The number of fused-ring (bicyclic) bond motifs is 1. The van der Waals surface area contributed by atoms with E-state index in [1.54, 1.807) is 0 Å². The second-order valence-corrected chi connectivity index (χ2v) is 12.4. The molecule has 3 heteroatoms. The van der Waals surface area contributed by atoms with E-state index in [2.05, 4.69) is 198 Å². The Balaban J connectivity index is 0.968. The molecule has 8 rings (SSSR count). The zero-order valence-electron chi connectivity index (χ0n) is 27.7. The van der Waals surface area contributed by atoms with Crippen molar-refractivity contribution in [1.29, 1.82) is 0 Å². The first-order chi connectivity index (χ1) is 24.8. The molecule has 0 aliphatic carbocycles. The number of para-hydroxylation sites is 4. The van der Waals surface area contributed by atoms with E-state index in [4.69, 9.17) is 0 Å². The van der Waals surface area contributed by atoms with E-state index < -0.39 is 0 Å². The van der Waals surface area contributed by atoms with Crippen molar-refractivity contribution in [2.45, 2.75) is 6.54 Å². The van der Waals surface area contributed by atoms with Gasteiger partial charge < -0.3 is 15.5 Å². The standard InChI is InChI=1S/C47H37N3/c1-3-14-41(15-4-1)49-46-20-10-9-19-45(46)48-34-35-22-24-36(25-23-35)37-26-28-38(29-27-37)39-30-32-43(33-31-39)50(42-16-5-2-6-17-42)47-21-11-13-40-12-7-8-18-44(40)47/h1-33,48-49H,34H2. The molecular weight excluding hydrogens is 607 g/mol. The molecule has 0 bridgehead atoms. The van der Waals surface area contributed by atoms with Crippen LogP contribution in [-0.2, 0) is 6.54 Å². The predicted octanol–water partition coefficient (Wildman–Crippen LogP) is 13.0. The fraction of sp³-hybridized carbons (Fsp3) is 0.0213. The van der Waals surface area contributed by atoms with Crippen molar-refractivity contribution in [3.05, 3.63) is 206 Å². The molecule has 0 aromatic heterocycles. The number of nitrogens with one attached hydrogen (secondary N) is 2. The van der Waals surface area contributed by atoms with Crippen molar-refractivity contribution in [2.75, 3.05) is 15.5 Å². The fourth-order valence-electron chi connectivity index (χ4n) is 6.50. The van der Waals surface area contributed by atoms with Gasteiger partial charge in [0.15, 0.2) is 0 Å². The Morgan fingerprint density at radius 1 is 0.380 bits per heavy atom. The number of nitrogens with zero attached hydrogens (tertiary/aromatic N) is 1. The Kier molecular flexibility index (Phi) is 8.77. The number of anilines is 6. The molecule has 3 nitrogen and oxygen atoms in total. The van der Waals surface area contributed by atoms with Crippen LogP contribution in [0.25, 0.3) is 33.0 Å². The lowest BCUT2D eigenvalue weighted by Crippen LogP contribution is -2.10. The topological polar surface area (TPSA) is 27.3 Å². The van der Waals surface area contributed by atoms with Crippen LogP contribution in [0, 0.1) is 0 Å². The minimum atomic E-state index is 0.741. The monoisotopic (exact) mass is 643 g/mol. The maximum Gasteiger partial charge on any atom is 0.0620 e. The van der Waals surface area contributed by atoms with Gasteiger partial charge in [0.1, 0.15) is 0 Å². The second kappa shape index (κ2) is 14.3. The molecule has 0 aliphatic heterocycles. The van der Waals surface area contributed by atoms with E-state index in [9.17, 15) is 0 Å². The van der Waals surface area contributed by atoms with Crippen LogP contribution in [0.15, 0.2) is 200 Å². The van der Waals surface area contributed by atoms with E-state index in [0.717, 1.165) is 40.7 Å². The van der Waals surface area contributed by atoms with E-state index in [0.29, 0.717) is 0 Å². The second-order valence-electron chi connectivity index (χ2n) is 12.4. The third-order valence-electron chi connectivity index (χ3n) is 9.12. The van der Waals surface area contributed by atoms with Gasteiger partial charge in [-0.1, -0.05) is 146 Å². The highest BCUT2D eigenvalue weighted by Crippen LogP contribution is 2.39. The van der Waals surface area contributed by atoms with Crippen molar-refractivity contribution in [1.82, 2.24) is 0 Å². The van der Waals surface area contributed by atoms with E-state index in [1.165, 1.54) is 38.6 Å². The summed E-state index contributed by atoms with van der Waals surface area (Å²) in [4.78, 5) is 2.34. The molecule has 8 aromatic carbocycles. The van der Waals surface area contributed by atoms with E-state index in [1.807, 2.05) is 18.2 Å². The minimum Gasteiger partial charge on any atom is -0.379 e. The smallest absolute Gasteiger partial charge is 0.0620 e. The summed E-state index contributed by atoms with van der Waals surface area (Å²) in [6.45, 7) is 0.741. The normalized spacial score (nSPS) is 10.9. The predicted molar refractivity (Wildman–Crippen MR) is 213 cm³/mol. The van der Waals surface area contributed by atoms with Crippen LogP contribution < -0.4 is 15.5 Å². The van der Waals surface area contributed by atoms with Crippen LogP contribution in [0.4, 0.5) is 34.1 Å². The van der Waals surface area contributed by atoms with Crippen molar-refractivity contribution < 1.29 is 0 Å². The maximum atomic E-state index is 3.61. The zero-order chi connectivity index (χ0) is 33.5. The SMILES string of the molecule is c1ccc(Nc2ccccc2NCc2ccc(-c3ccc(-c4ccc(N(c5ccccc5)c5cccc6ccccc56)cc4)cc3)cc2)cc1. The summed E-state index contributed by atoms with van der Waals surface area (Å²) in [5.74, 6) is 0. The van der Waals surface area contributed by atoms with Gasteiger partial charge >= 0.3 is 0 Å². The Bertz CT molecular complexity index is 2310. The van der Waals surface area contributed by atoms with Crippen molar-refractivity contribution in [3.63, 3.8) is 0 Å². The average Bonchev–Trinajstić information content (AvgIpc) is 3.19. The Morgan fingerprint density at radius 3 is 1.56 bits per heavy atom. The lowest BCUT2D eigenvalue weighted by molar-refractivity contribution is 1.15. The lowest BCUT2D eigenvalue weighted by Gasteiger charge is -2.27. The van der Waals surface area contributed by atoms with Gasteiger partial charge in [0, 0.05) is 29.0 Å². The molecule has 0 saturated heterocycles. The quantitative estimate of drug-likeness (QED) is 0.155. The molecule has 2 N–H and O–H groups in total. The largest absolute Gasteiger partial charge is 0.379 e. The fourth-order valence-corrected chi connectivity index (χ4v) is 6.50. The van der Waals surface area contributed by atoms with Gasteiger partial charge in [0.2, 0.25) is 0 Å². The van der Waals surface area contributed by atoms with Crippen LogP contribution in [0.5, 0.6) is 0 Å². The minimum absolute atomic E-state index is 0.741. The summed E-state index contributed by atoms with van der Waals surface area (Å²) >= 11 is 0. The summed E-state index contributed by atoms with van der Waals surface area (Å²) < 4.78 is 0. The van der Waals surface area contributed by atoms with Gasteiger partial charge in [0.25, 0.3) is 0 Å². The van der Waals surface area contributed by atoms with E-state index in [-0.39, 0.29) is 0 Å². The molecule has 0 atom stereocenters. The molecule has 0 unspecified atom stereocenters. The van der Waals surface area contributed by atoms with Crippen molar-refractivity contribution in [3.8, 4) is 22.3 Å². The molecule has 0 spiro atoms. The molecule has 240 valence electrons. The van der Waals surface area contributed by atoms with Crippen LogP contribution >= 0.6 is 0 Å². The van der Waals surface area contributed by atoms with Gasteiger partial charge in [-0.3, -0.25) is 0 Å². The summed E-state index contributed by atoms with van der Waals surface area (Å²) in [5, 5.41) is 9.58. The highest BCUT2D eigenvalue weighted by Gasteiger charge is 2.15. The third-order valence-corrected chi connectivity index (χ3v) is 9.12. The highest BCUT2D eigenvalue weighted by molar-refractivity contribution is 5.99. The van der Waals surface area contributed by atoms with Crippen LogP contribution in [0.3, 0.4) is 0 Å². The lowest BCUT2D eigenvalue weighted by atomic mass is 9.99.